The predicted molar refractivity (Wildman–Crippen MR) is 177 cm³/mol. The van der Waals surface area contributed by atoms with Crippen molar-refractivity contribution >= 4 is 46.4 Å². The van der Waals surface area contributed by atoms with Gasteiger partial charge in [-0.25, -0.2) is 9.59 Å². The second-order valence-electron chi connectivity index (χ2n) is 12.3. The van der Waals surface area contributed by atoms with E-state index in [1.165, 1.54) is 6.07 Å². The normalized spacial score (nSPS) is 13.2. The molecule has 15 heteroatoms. The molecule has 1 aromatic heterocycles. The van der Waals surface area contributed by atoms with Gasteiger partial charge in [-0.1, -0.05) is 0 Å². The molecule has 0 spiro atoms. The van der Waals surface area contributed by atoms with Crippen molar-refractivity contribution in [1.82, 2.24) is 16.0 Å². The lowest BCUT2D eigenvalue weighted by Crippen LogP contribution is -2.56. The molecular formula is C32H49N7O8. The number of amides is 5. The molecule has 1 aromatic carbocycles. The smallest absolute Gasteiger partial charge is 0.408 e. The summed E-state index contributed by atoms with van der Waals surface area (Å²) in [5, 5.41) is 11.3. The van der Waals surface area contributed by atoms with Gasteiger partial charge in [0.2, 0.25) is 23.6 Å². The minimum Gasteiger partial charge on any atom is -0.444 e. The van der Waals surface area contributed by atoms with Crippen LogP contribution in [0.4, 0.5) is 10.5 Å². The Bertz CT molecular complexity index is 1450. The zero-order valence-electron chi connectivity index (χ0n) is 27.6. The number of anilines is 1. The molecule has 1 heterocycles. The van der Waals surface area contributed by atoms with Crippen molar-refractivity contribution in [3.8, 4) is 0 Å². The summed E-state index contributed by atoms with van der Waals surface area (Å²) in [6.07, 6.45) is 1.43. The van der Waals surface area contributed by atoms with Crippen LogP contribution in [-0.4, -0.2) is 66.5 Å². The number of hydrogen-bond donors (Lipinski definition) is 7. The minimum atomic E-state index is -1.25. The van der Waals surface area contributed by atoms with E-state index in [9.17, 15) is 28.8 Å². The minimum absolute atomic E-state index is 0.144. The van der Waals surface area contributed by atoms with Gasteiger partial charge in [-0.2, -0.15) is 0 Å². The summed E-state index contributed by atoms with van der Waals surface area (Å²) in [7, 11) is 0. The molecule has 0 saturated heterocycles. The van der Waals surface area contributed by atoms with Crippen LogP contribution >= 0.6 is 0 Å². The number of nitrogens with two attached hydrogens (primary N) is 3. The highest BCUT2D eigenvalue weighted by Crippen LogP contribution is 2.22. The fourth-order valence-corrected chi connectivity index (χ4v) is 4.71. The van der Waals surface area contributed by atoms with Gasteiger partial charge in [0.05, 0.1) is 0 Å². The zero-order valence-corrected chi connectivity index (χ0v) is 27.6. The number of ether oxygens (including phenoxy) is 1. The second-order valence-corrected chi connectivity index (χ2v) is 12.3. The first kappa shape index (κ1) is 38.7. The maximum Gasteiger partial charge on any atom is 0.408 e. The van der Waals surface area contributed by atoms with Gasteiger partial charge in [-0.3, -0.25) is 24.5 Å². The Labute approximate surface area is 274 Å². The molecule has 2 rings (SSSR count). The highest BCUT2D eigenvalue weighted by molar-refractivity contribution is 6.02. The number of aryl methyl sites for hydroxylation is 1. The standard InChI is InChI=1S/C32H49N7O8/c1-19-17-27(41)46-25-18-20(11-12-21(19)25)36-22(9-5-7-15-33)29(43)39-30(44)23(10-6-8-16-34)37-28(42)24(13-14-26(35)40)38-31(45)47-32(2,3)4/h11-12,17-18,22-24,36H,5-10,13-16,33-34H2,1-4H3,(H2,35,40)(H,37,42)(H,38,45)(H,39,43,44)/t22-,23-,24-/m0/s1. The van der Waals surface area contributed by atoms with Crippen molar-refractivity contribution in [2.75, 3.05) is 18.4 Å². The SMILES string of the molecule is Cc1cc(=O)oc2cc(N[C@@H](CCCCN)C(=O)NC(=O)[C@H](CCCCN)NC(=O)[C@H](CCC(N)=O)NC(=O)OC(C)(C)C)ccc12. The van der Waals surface area contributed by atoms with Crippen molar-refractivity contribution in [3.63, 3.8) is 0 Å². The predicted octanol–water partition coefficient (Wildman–Crippen LogP) is 1.43. The third-order valence-corrected chi connectivity index (χ3v) is 7.07. The molecule has 0 aliphatic carbocycles. The van der Waals surface area contributed by atoms with E-state index in [1.807, 2.05) is 0 Å². The zero-order chi connectivity index (χ0) is 35.1. The lowest BCUT2D eigenvalue weighted by Gasteiger charge is -2.25. The average Bonchev–Trinajstić information content (AvgIpc) is 2.96. The quantitative estimate of drug-likeness (QED) is 0.0890. The van der Waals surface area contributed by atoms with Gasteiger partial charge in [0.1, 0.15) is 29.3 Å². The van der Waals surface area contributed by atoms with E-state index in [0.717, 1.165) is 10.9 Å². The number of carbonyl (C=O) groups is 5. The van der Waals surface area contributed by atoms with E-state index in [0.29, 0.717) is 56.5 Å². The molecule has 0 bridgehead atoms. The lowest BCUT2D eigenvalue weighted by molar-refractivity contribution is -0.135. The average molecular weight is 660 g/mol. The number of primary amides is 1. The first-order valence-electron chi connectivity index (χ1n) is 15.8. The van der Waals surface area contributed by atoms with Gasteiger partial charge >= 0.3 is 11.7 Å². The Morgan fingerprint density at radius 3 is 2.02 bits per heavy atom. The van der Waals surface area contributed by atoms with Crippen LogP contribution in [-0.2, 0) is 23.9 Å². The summed E-state index contributed by atoms with van der Waals surface area (Å²) in [4.78, 5) is 76.0. The molecule has 5 amide bonds. The first-order chi connectivity index (χ1) is 22.1. The Balaban J connectivity index is 2.25. The van der Waals surface area contributed by atoms with Gasteiger partial charge in [0.25, 0.3) is 0 Å². The number of alkyl carbamates (subject to hydrolysis) is 1. The summed E-state index contributed by atoms with van der Waals surface area (Å²) >= 11 is 0. The van der Waals surface area contributed by atoms with Crippen LogP contribution in [0.5, 0.6) is 0 Å². The van der Waals surface area contributed by atoms with Gasteiger partial charge in [0, 0.05) is 29.6 Å². The van der Waals surface area contributed by atoms with Gasteiger partial charge in [-0.15, -0.1) is 0 Å². The van der Waals surface area contributed by atoms with Crippen LogP contribution < -0.4 is 44.1 Å². The molecule has 2 aromatic rings. The number of nitrogens with one attached hydrogen (secondary N) is 4. The summed E-state index contributed by atoms with van der Waals surface area (Å²) in [5.74, 6) is -2.86. The third kappa shape index (κ3) is 13.8. The largest absolute Gasteiger partial charge is 0.444 e. The number of carbonyl (C=O) groups excluding carboxylic acids is 5. The van der Waals surface area contributed by atoms with Crippen LogP contribution in [0.2, 0.25) is 0 Å². The Hall–Kier alpha value is -4.50. The molecule has 10 N–H and O–H groups in total. The van der Waals surface area contributed by atoms with Crippen molar-refractivity contribution in [2.45, 2.75) is 103 Å². The van der Waals surface area contributed by atoms with Crippen LogP contribution in [0.15, 0.2) is 33.5 Å². The molecule has 0 unspecified atom stereocenters. The number of rotatable bonds is 18. The number of hydrogen-bond acceptors (Lipinski definition) is 11. The molecular weight excluding hydrogens is 610 g/mol. The van der Waals surface area contributed by atoms with E-state index in [-0.39, 0.29) is 19.3 Å². The molecule has 0 aliphatic heterocycles. The van der Waals surface area contributed by atoms with E-state index < -0.39 is 59.1 Å². The Morgan fingerprint density at radius 2 is 1.43 bits per heavy atom. The van der Waals surface area contributed by atoms with E-state index in [2.05, 4.69) is 21.3 Å². The maximum absolute atomic E-state index is 13.5. The Kier molecular flexibility index (Phi) is 15.3. The summed E-state index contributed by atoms with van der Waals surface area (Å²) in [6, 6.07) is 3.20. The summed E-state index contributed by atoms with van der Waals surface area (Å²) in [6.45, 7) is 7.50. The second kappa shape index (κ2) is 18.6. The van der Waals surface area contributed by atoms with Crippen molar-refractivity contribution in [3.05, 3.63) is 40.2 Å². The third-order valence-electron chi connectivity index (χ3n) is 7.07. The van der Waals surface area contributed by atoms with Crippen LogP contribution in [0.25, 0.3) is 11.0 Å². The summed E-state index contributed by atoms with van der Waals surface area (Å²) in [5.41, 5.74) is 16.8. The number of fused-ring (bicyclic) bond motifs is 1. The van der Waals surface area contributed by atoms with Gasteiger partial charge in [0.15, 0.2) is 0 Å². The van der Waals surface area contributed by atoms with Crippen molar-refractivity contribution in [1.29, 1.82) is 0 Å². The van der Waals surface area contributed by atoms with Gasteiger partial charge in [-0.05, 0) is 103 Å². The fourth-order valence-electron chi connectivity index (χ4n) is 4.71. The summed E-state index contributed by atoms with van der Waals surface area (Å²) < 4.78 is 10.6. The molecule has 260 valence electrons. The first-order valence-corrected chi connectivity index (χ1v) is 15.8. The molecule has 0 aliphatic rings. The van der Waals surface area contributed by atoms with Crippen molar-refractivity contribution < 1.29 is 33.1 Å². The lowest BCUT2D eigenvalue weighted by atomic mass is 10.0. The highest BCUT2D eigenvalue weighted by Gasteiger charge is 2.30. The fraction of sp³-hybridized carbons (Fsp3) is 0.562. The maximum atomic E-state index is 13.5. The number of unbranched alkanes of at least 4 members (excludes halogenated alkanes) is 2. The van der Waals surface area contributed by atoms with E-state index in [1.54, 1.807) is 45.9 Å². The molecule has 0 saturated carbocycles. The van der Waals surface area contributed by atoms with E-state index >= 15 is 0 Å². The molecule has 47 heavy (non-hydrogen) atoms. The van der Waals surface area contributed by atoms with Crippen LogP contribution in [0.1, 0.15) is 77.7 Å². The highest BCUT2D eigenvalue weighted by atomic mass is 16.6. The van der Waals surface area contributed by atoms with Gasteiger partial charge < -0.3 is 42.3 Å². The molecule has 3 atom stereocenters. The van der Waals surface area contributed by atoms with Crippen LogP contribution in [0.3, 0.4) is 0 Å². The number of imide groups is 1. The topological polar surface area (TPSA) is 251 Å². The number of benzene rings is 1. The molecule has 0 fully saturated rings. The molecule has 0 radical (unpaired) electrons. The molecule has 15 nitrogen and oxygen atoms in total. The van der Waals surface area contributed by atoms with Crippen LogP contribution in [0, 0.1) is 6.92 Å². The monoisotopic (exact) mass is 659 g/mol. The van der Waals surface area contributed by atoms with Crippen molar-refractivity contribution in [2.24, 2.45) is 17.2 Å². The Morgan fingerprint density at radius 1 is 0.830 bits per heavy atom. The van der Waals surface area contributed by atoms with E-state index in [4.69, 9.17) is 26.4 Å².